The van der Waals surface area contributed by atoms with E-state index in [9.17, 15) is 9.90 Å². The minimum absolute atomic E-state index is 0.0434. The van der Waals surface area contributed by atoms with Crippen molar-refractivity contribution in [2.75, 3.05) is 17.7 Å². The zero-order valence-corrected chi connectivity index (χ0v) is 16.4. The molecule has 3 N–H and O–H groups in total. The van der Waals surface area contributed by atoms with E-state index in [0.717, 1.165) is 24.0 Å². The second-order valence-corrected chi connectivity index (χ2v) is 7.33. The first kappa shape index (κ1) is 21.0. The lowest BCUT2D eigenvalue weighted by Crippen LogP contribution is -2.38. The standard InChI is InChI=1S/C10H11N3O2.C9H20O/c1-6(14)12-10-13-8-4-3-7(11-2)5-9(8)15-10;1-6-7-8(2,3)9(4,5)10/h3-5,11H,1-2H3,(H,12,13,14);10H,6-7H2,1-5H3. The molecule has 0 spiro atoms. The number of fused-ring (bicyclic) bond motifs is 1. The van der Waals surface area contributed by atoms with Gasteiger partial charge in [0.05, 0.1) is 5.60 Å². The number of rotatable bonds is 5. The molecule has 6 nitrogen and oxygen atoms in total. The van der Waals surface area contributed by atoms with Gasteiger partial charge in [-0.2, -0.15) is 4.98 Å². The molecule has 1 amide bonds. The maximum atomic E-state index is 10.8. The average Bonchev–Trinajstić information content (AvgIpc) is 2.86. The Morgan fingerprint density at radius 2 is 1.92 bits per heavy atom. The van der Waals surface area contributed by atoms with Crippen molar-refractivity contribution < 1.29 is 14.3 Å². The summed E-state index contributed by atoms with van der Waals surface area (Å²) in [5.41, 5.74) is 1.79. The molecule has 0 fully saturated rings. The summed E-state index contributed by atoms with van der Waals surface area (Å²) >= 11 is 0. The van der Waals surface area contributed by atoms with Crippen molar-refractivity contribution in [3.05, 3.63) is 18.2 Å². The highest BCUT2D eigenvalue weighted by Gasteiger charge is 2.33. The predicted octanol–water partition coefficient (Wildman–Crippen LogP) is 4.41. The fraction of sp³-hybridized carbons (Fsp3) is 0.579. The first-order valence-corrected chi connectivity index (χ1v) is 8.58. The van der Waals surface area contributed by atoms with Gasteiger partial charge in [-0.3, -0.25) is 10.1 Å². The van der Waals surface area contributed by atoms with Gasteiger partial charge >= 0.3 is 6.01 Å². The number of aliphatic hydroxyl groups is 1. The van der Waals surface area contributed by atoms with Gasteiger partial charge in [0.15, 0.2) is 5.58 Å². The number of aromatic nitrogens is 1. The van der Waals surface area contributed by atoms with Gasteiger partial charge in [0.25, 0.3) is 0 Å². The van der Waals surface area contributed by atoms with Gasteiger partial charge < -0.3 is 14.8 Å². The third-order valence-corrected chi connectivity index (χ3v) is 4.49. The van der Waals surface area contributed by atoms with Crippen LogP contribution in [0.4, 0.5) is 11.7 Å². The largest absolute Gasteiger partial charge is 0.423 e. The molecule has 0 atom stereocenters. The van der Waals surface area contributed by atoms with Gasteiger partial charge in [-0.05, 0) is 37.8 Å². The number of hydrogen-bond donors (Lipinski definition) is 3. The van der Waals surface area contributed by atoms with Crippen LogP contribution < -0.4 is 10.6 Å². The molecule has 0 radical (unpaired) electrons. The van der Waals surface area contributed by atoms with E-state index in [1.807, 2.05) is 39.1 Å². The molecular weight excluding hydrogens is 318 g/mol. The number of nitrogens with zero attached hydrogens (tertiary/aromatic N) is 1. The Balaban J connectivity index is 0.000000275. The van der Waals surface area contributed by atoms with Gasteiger partial charge in [0, 0.05) is 25.7 Å². The van der Waals surface area contributed by atoms with Gasteiger partial charge in [-0.25, -0.2) is 0 Å². The summed E-state index contributed by atoms with van der Waals surface area (Å²) in [7, 11) is 1.83. The van der Waals surface area contributed by atoms with Crippen LogP contribution in [0.2, 0.25) is 0 Å². The fourth-order valence-electron chi connectivity index (χ4n) is 2.22. The van der Waals surface area contributed by atoms with Crippen molar-refractivity contribution in [1.29, 1.82) is 0 Å². The SMILES string of the molecule is CCCC(C)(C)C(C)(C)O.CNc1ccc2nc(NC(C)=O)oc2c1. The first-order chi connectivity index (χ1) is 11.5. The third-order valence-electron chi connectivity index (χ3n) is 4.49. The number of carbonyl (C=O) groups excluding carboxylic acids is 1. The summed E-state index contributed by atoms with van der Waals surface area (Å²) < 4.78 is 5.34. The van der Waals surface area contributed by atoms with E-state index in [-0.39, 0.29) is 17.3 Å². The first-order valence-electron chi connectivity index (χ1n) is 8.58. The maximum Gasteiger partial charge on any atom is 0.302 e. The van der Waals surface area contributed by atoms with E-state index in [2.05, 4.69) is 36.4 Å². The molecule has 6 heteroatoms. The number of hydrogen-bond acceptors (Lipinski definition) is 5. The second-order valence-electron chi connectivity index (χ2n) is 7.33. The number of amides is 1. The molecule has 1 heterocycles. The maximum absolute atomic E-state index is 10.8. The number of oxazole rings is 1. The highest BCUT2D eigenvalue weighted by atomic mass is 16.4. The molecule has 25 heavy (non-hydrogen) atoms. The van der Waals surface area contributed by atoms with Crippen LogP contribution >= 0.6 is 0 Å². The van der Waals surface area contributed by atoms with E-state index < -0.39 is 5.60 Å². The quantitative estimate of drug-likeness (QED) is 0.744. The second kappa shape index (κ2) is 8.34. The predicted molar refractivity (Wildman–Crippen MR) is 103 cm³/mol. The van der Waals surface area contributed by atoms with Crippen LogP contribution in [-0.2, 0) is 4.79 Å². The van der Waals surface area contributed by atoms with Crippen LogP contribution in [-0.4, -0.2) is 28.6 Å². The molecular formula is C19H31N3O3. The minimum atomic E-state index is -0.553. The summed E-state index contributed by atoms with van der Waals surface area (Å²) in [5, 5.41) is 15.2. The summed E-state index contributed by atoms with van der Waals surface area (Å²) in [4.78, 5) is 14.9. The summed E-state index contributed by atoms with van der Waals surface area (Å²) in [5.74, 6) is -0.199. The molecule has 0 unspecified atom stereocenters. The highest BCUT2D eigenvalue weighted by molar-refractivity contribution is 5.88. The van der Waals surface area contributed by atoms with Crippen LogP contribution in [0.15, 0.2) is 22.6 Å². The lowest BCUT2D eigenvalue weighted by Gasteiger charge is -2.37. The summed E-state index contributed by atoms with van der Waals surface area (Å²) in [6, 6.07) is 5.78. The van der Waals surface area contributed by atoms with Crippen LogP contribution in [0.3, 0.4) is 0 Å². The highest BCUT2D eigenvalue weighted by Crippen LogP contribution is 2.34. The summed E-state index contributed by atoms with van der Waals surface area (Å²) in [6.45, 7) is 11.5. The smallest absolute Gasteiger partial charge is 0.302 e. The van der Waals surface area contributed by atoms with Crippen molar-refractivity contribution in [3.63, 3.8) is 0 Å². The number of anilines is 2. The van der Waals surface area contributed by atoms with Crippen molar-refractivity contribution in [3.8, 4) is 0 Å². The molecule has 0 saturated heterocycles. The van der Waals surface area contributed by atoms with Gasteiger partial charge in [-0.15, -0.1) is 0 Å². The molecule has 1 aromatic heterocycles. The Labute approximate surface area is 150 Å². The topological polar surface area (TPSA) is 87.4 Å². The van der Waals surface area contributed by atoms with Crippen molar-refractivity contribution >= 4 is 28.7 Å². The monoisotopic (exact) mass is 349 g/mol. The van der Waals surface area contributed by atoms with Crippen molar-refractivity contribution in [1.82, 2.24) is 4.98 Å². The van der Waals surface area contributed by atoms with Crippen LogP contribution in [0.25, 0.3) is 11.1 Å². The van der Waals surface area contributed by atoms with Gasteiger partial charge in [-0.1, -0.05) is 27.2 Å². The van der Waals surface area contributed by atoms with Crippen LogP contribution in [0, 0.1) is 5.41 Å². The van der Waals surface area contributed by atoms with E-state index >= 15 is 0 Å². The zero-order chi connectivity index (χ0) is 19.3. The molecule has 0 aliphatic rings. The lowest BCUT2D eigenvalue weighted by atomic mass is 9.74. The molecule has 2 rings (SSSR count). The number of nitrogens with one attached hydrogen (secondary N) is 2. The Bertz CT molecular complexity index is 699. The van der Waals surface area contributed by atoms with Gasteiger partial charge in [0.1, 0.15) is 5.52 Å². The molecule has 0 saturated carbocycles. The number of benzene rings is 1. The molecule has 1 aromatic carbocycles. The van der Waals surface area contributed by atoms with E-state index in [1.54, 1.807) is 0 Å². The average molecular weight is 349 g/mol. The van der Waals surface area contributed by atoms with E-state index in [4.69, 9.17) is 4.42 Å². The van der Waals surface area contributed by atoms with E-state index in [1.165, 1.54) is 6.92 Å². The number of carbonyl (C=O) groups is 1. The zero-order valence-electron chi connectivity index (χ0n) is 16.4. The lowest BCUT2D eigenvalue weighted by molar-refractivity contribution is -0.114. The fourth-order valence-corrected chi connectivity index (χ4v) is 2.22. The summed E-state index contributed by atoms with van der Waals surface area (Å²) in [6.07, 6.45) is 2.22. The Hall–Kier alpha value is -2.08. The minimum Gasteiger partial charge on any atom is -0.423 e. The molecule has 0 aliphatic heterocycles. The molecule has 140 valence electrons. The Kier molecular flexibility index (Phi) is 6.99. The van der Waals surface area contributed by atoms with E-state index in [0.29, 0.717) is 5.58 Å². The van der Waals surface area contributed by atoms with Crippen LogP contribution in [0.5, 0.6) is 0 Å². The normalized spacial score (nSPS) is 11.7. The third kappa shape index (κ3) is 6.05. The Morgan fingerprint density at radius 3 is 2.36 bits per heavy atom. The molecule has 2 aromatic rings. The molecule has 0 aliphatic carbocycles. The van der Waals surface area contributed by atoms with Crippen LogP contribution in [0.1, 0.15) is 54.4 Å². The van der Waals surface area contributed by atoms with Crippen molar-refractivity contribution in [2.24, 2.45) is 5.41 Å². The molecule has 0 bridgehead atoms. The Morgan fingerprint density at radius 1 is 1.28 bits per heavy atom. The van der Waals surface area contributed by atoms with Gasteiger partial charge in [0.2, 0.25) is 5.91 Å². The van der Waals surface area contributed by atoms with Crippen molar-refractivity contribution in [2.45, 2.75) is 60.0 Å².